The van der Waals surface area contributed by atoms with Crippen LogP contribution in [-0.2, 0) is 0 Å². The van der Waals surface area contributed by atoms with Gasteiger partial charge in [-0.1, -0.05) is 6.07 Å². The highest BCUT2D eigenvalue weighted by Gasteiger charge is 2.09. The fourth-order valence-corrected chi connectivity index (χ4v) is 1.62. The SMILES string of the molecule is CC(O)c1ccc(O)c2[nH]c(=O)ccc12. The van der Waals surface area contributed by atoms with E-state index in [4.69, 9.17) is 0 Å². The number of H-pyrrole nitrogens is 1. The molecule has 0 amide bonds. The number of aliphatic hydroxyl groups excluding tert-OH is 1. The van der Waals surface area contributed by atoms with Crippen LogP contribution < -0.4 is 5.56 Å². The van der Waals surface area contributed by atoms with E-state index >= 15 is 0 Å². The molecule has 0 aliphatic carbocycles. The number of pyridine rings is 1. The third kappa shape index (κ3) is 1.59. The summed E-state index contributed by atoms with van der Waals surface area (Å²) in [6.45, 7) is 1.64. The van der Waals surface area contributed by atoms with Gasteiger partial charge in [0, 0.05) is 11.5 Å². The maximum absolute atomic E-state index is 11.1. The molecule has 1 aromatic heterocycles. The summed E-state index contributed by atoms with van der Waals surface area (Å²) in [5.74, 6) is 0.00657. The van der Waals surface area contributed by atoms with E-state index in [0.29, 0.717) is 16.5 Å². The van der Waals surface area contributed by atoms with Gasteiger partial charge in [0.2, 0.25) is 5.56 Å². The quantitative estimate of drug-likeness (QED) is 0.656. The number of phenolic OH excluding ortho intramolecular Hbond substituents is 1. The highest BCUT2D eigenvalue weighted by atomic mass is 16.3. The molecular weight excluding hydrogens is 194 g/mol. The minimum absolute atomic E-state index is 0.00657. The van der Waals surface area contributed by atoms with Crippen molar-refractivity contribution in [2.75, 3.05) is 0 Å². The van der Waals surface area contributed by atoms with Crippen LogP contribution in [0.25, 0.3) is 10.9 Å². The Morgan fingerprint density at radius 1 is 1.27 bits per heavy atom. The number of aliphatic hydroxyl groups is 1. The molecule has 0 radical (unpaired) electrons. The first-order valence-corrected chi connectivity index (χ1v) is 4.62. The summed E-state index contributed by atoms with van der Waals surface area (Å²) in [7, 11) is 0. The molecule has 78 valence electrons. The van der Waals surface area contributed by atoms with E-state index in [2.05, 4.69) is 4.98 Å². The Morgan fingerprint density at radius 3 is 2.67 bits per heavy atom. The van der Waals surface area contributed by atoms with Gasteiger partial charge in [-0.05, 0) is 24.6 Å². The number of aromatic nitrogens is 1. The standard InChI is InChI=1S/C11H11NO3/c1-6(13)7-2-4-9(14)11-8(7)3-5-10(15)12-11/h2-6,13-14H,1H3,(H,12,15). The van der Waals surface area contributed by atoms with Crippen molar-refractivity contribution in [3.63, 3.8) is 0 Å². The topological polar surface area (TPSA) is 73.3 Å². The maximum atomic E-state index is 11.1. The number of aromatic hydroxyl groups is 1. The van der Waals surface area contributed by atoms with Crippen LogP contribution in [0, 0.1) is 0 Å². The van der Waals surface area contributed by atoms with Gasteiger partial charge in [0.1, 0.15) is 5.75 Å². The summed E-state index contributed by atoms with van der Waals surface area (Å²) in [6.07, 6.45) is -0.640. The summed E-state index contributed by atoms with van der Waals surface area (Å²) in [5.41, 5.74) is 0.764. The van der Waals surface area contributed by atoms with Crippen LogP contribution in [0.15, 0.2) is 29.1 Å². The zero-order valence-corrected chi connectivity index (χ0v) is 8.19. The number of fused-ring (bicyclic) bond motifs is 1. The molecule has 1 heterocycles. The van der Waals surface area contributed by atoms with Crippen LogP contribution in [0.4, 0.5) is 0 Å². The van der Waals surface area contributed by atoms with Crippen molar-refractivity contribution in [1.82, 2.24) is 4.98 Å². The van der Waals surface area contributed by atoms with Crippen molar-refractivity contribution >= 4 is 10.9 Å². The Labute approximate surface area is 85.8 Å². The zero-order valence-electron chi connectivity index (χ0n) is 8.19. The number of aromatic amines is 1. The normalized spacial score (nSPS) is 12.9. The molecule has 0 bridgehead atoms. The Kier molecular flexibility index (Phi) is 2.21. The van der Waals surface area contributed by atoms with Gasteiger partial charge in [-0.25, -0.2) is 0 Å². The number of phenols is 1. The molecule has 0 fully saturated rings. The van der Waals surface area contributed by atoms with Crippen molar-refractivity contribution < 1.29 is 10.2 Å². The number of rotatable bonds is 1. The molecule has 0 saturated heterocycles. The second kappa shape index (κ2) is 3.40. The van der Waals surface area contributed by atoms with Gasteiger partial charge in [0.05, 0.1) is 11.6 Å². The van der Waals surface area contributed by atoms with E-state index in [9.17, 15) is 15.0 Å². The smallest absolute Gasteiger partial charge is 0.248 e. The highest BCUT2D eigenvalue weighted by Crippen LogP contribution is 2.28. The first-order chi connectivity index (χ1) is 7.09. The first kappa shape index (κ1) is 9.73. The van der Waals surface area contributed by atoms with E-state index in [1.54, 1.807) is 19.1 Å². The van der Waals surface area contributed by atoms with Crippen LogP contribution in [0.1, 0.15) is 18.6 Å². The van der Waals surface area contributed by atoms with Gasteiger partial charge >= 0.3 is 0 Å². The van der Waals surface area contributed by atoms with E-state index in [-0.39, 0.29) is 11.3 Å². The molecule has 4 heteroatoms. The summed E-state index contributed by atoms with van der Waals surface area (Å²) in [5, 5.41) is 19.7. The van der Waals surface area contributed by atoms with Crippen LogP contribution in [-0.4, -0.2) is 15.2 Å². The Hall–Kier alpha value is -1.81. The average Bonchev–Trinajstić information content (AvgIpc) is 2.19. The third-order valence-electron chi connectivity index (χ3n) is 2.36. The summed E-state index contributed by atoms with van der Waals surface area (Å²) in [4.78, 5) is 13.6. The van der Waals surface area contributed by atoms with Gasteiger partial charge in [-0.2, -0.15) is 0 Å². The number of hydrogen-bond acceptors (Lipinski definition) is 3. The summed E-state index contributed by atoms with van der Waals surface area (Å²) >= 11 is 0. The largest absolute Gasteiger partial charge is 0.506 e. The first-order valence-electron chi connectivity index (χ1n) is 4.62. The van der Waals surface area contributed by atoms with Crippen molar-refractivity contribution in [3.8, 4) is 5.75 Å². The van der Waals surface area contributed by atoms with Gasteiger partial charge < -0.3 is 15.2 Å². The van der Waals surface area contributed by atoms with E-state index in [1.165, 1.54) is 12.1 Å². The molecule has 1 atom stereocenters. The molecule has 4 nitrogen and oxygen atoms in total. The van der Waals surface area contributed by atoms with Crippen molar-refractivity contribution in [3.05, 3.63) is 40.2 Å². The fourth-order valence-electron chi connectivity index (χ4n) is 1.62. The minimum atomic E-state index is -0.640. The lowest BCUT2D eigenvalue weighted by molar-refractivity contribution is 0.201. The van der Waals surface area contributed by atoms with Crippen molar-refractivity contribution in [2.24, 2.45) is 0 Å². The lowest BCUT2D eigenvalue weighted by atomic mass is 10.0. The fraction of sp³-hybridized carbons (Fsp3) is 0.182. The number of hydrogen-bond donors (Lipinski definition) is 3. The highest BCUT2D eigenvalue weighted by molar-refractivity contribution is 5.87. The van der Waals surface area contributed by atoms with Gasteiger partial charge in [-0.15, -0.1) is 0 Å². The molecule has 3 N–H and O–H groups in total. The predicted octanol–water partition coefficient (Wildman–Crippen LogP) is 1.29. The molecule has 1 unspecified atom stereocenters. The second-order valence-electron chi connectivity index (χ2n) is 3.46. The molecule has 0 aliphatic rings. The van der Waals surface area contributed by atoms with Crippen LogP contribution in [0.5, 0.6) is 5.75 Å². The molecule has 1 aromatic carbocycles. The Morgan fingerprint density at radius 2 is 2.00 bits per heavy atom. The minimum Gasteiger partial charge on any atom is -0.506 e. The molecule has 0 saturated carbocycles. The number of nitrogens with one attached hydrogen (secondary N) is 1. The monoisotopic (exact) mass is 205 g/mol. The molecule has 2 aromatic rings. The lowest BCUT2D eigenvalue weighted by Crippen LogP contribution is -2.04. The van der Waals surface area contributed by atoms with Gasteiger partial charge in [0.15, 0.2) is 0 Å². The zero-order chi connectivity index (χ0) is 11.0. The maximum Gasteiger partial charge on any atom is 0.248 e. The Balaban J connectivity index is 2.88. The van der Waals surface area contributed by atoms with Crippen LogP contribution >= 0.6 is 0 Å². The third-order valence-corrected chi connectivity index (χ3v) is 2.36. The van der Waals surface area contributed by atoms with Gasteiger partial charge in [0.25, 0.3) is 0 Å². The van der Waals surface area contributed by atoms with Gasteiger partial charge in [-0.3, -0.25) is 4.79 Å². The average molecular weight is 205 g/mol. The number of benzene rings is 1. The Bertz CT molecular complexity index is 557. The predicted molar refractivity (Wildman–Crippen MR) is 56.9 cm³/mol. The van der Waals surface area contributed by atoms with Crippen molar-refractivity contribution in [1.29, 1.82) is 0 Å². The molecule has 0 aliphatic heterocycles. The molecule has 2 rings (SSSR count). The van der Waals surface area contributed by atoms with E-state index in [1.807, 2.05) is 0 Å². The lowest BCUT2D eigenvalue weighted by Gasteiger charge is -2.09. The van der Waals surface area contributed by atoms with Crippen LogP contribution in [0.3, 0.4) is 0 Å². The molecule has 15 heavy (non-hydrogen) atoms. The van der Waals surface area contributed by atoms with E-state index < -0.39 is 6.10 Å². The van der Waals surface area contributed by atoms with E-state index in [0.717, 1.165) is 0 Å². The molecule has 0 spiro atoms. The summed E-state index contributed by atoms with van der Waals surface area (Å²) < 4.78 is 0. The molecular formula is C11H11NO3. The van der Waals surface area contributed by atoms with Crippen LogP contribution in [0.2, 0.25) is 0 Å². The summed E-state index contributed by atoms with van der Waals surface area (Å²) in [6, 6.07) is 6.06. The van der Waals surface area contributed by atoms with Crippen molar-refractivity contribution in [2.45, 2.75) is 13.0 Å². The second-order valence-corrected chi connectivity index (χ2v) is 3.46.